The first-order valence-electron chi connectivity index (χ1n) is 6.17. The fourth-order valence-corrected chi connectivity index (χ4v) is 2.15. The third kappa shape index (κ3) is 8.52. The topological polar surface area (TPSA) is 39.6 Å². The Balaban J connectivity index is 0.000000270. The van der Waals surface area contributed by atoms with Gasteiger partial charge in [0.1, 0.15) is 0 Å². The molecule has 0 aromatic heterocycles. The Bertz CT molecular complexity index is 510. The van der Waals surface area contributed by atoms with Crippen molar-refractivity contribution in [1.29, 1.82) is 0 Å². The van der Waals surface area contributed by atoms with E-state index in [1.165, 1.54) is 37.2 Å². The number of rotatable bonds is 1. The second-order valence-electron chi connectivity index (χ2n) is 4.86. The average Bonchev–Trinajstić information content (AvgIpc) is 2.77. The predicted octanol–water partition coefficient (Wildman–Crippen LogP) is 5.37. The van der Waals surface area contributed by atoms with Crippen molar-refractivity contribution in [2.24, 2.45) is 0 Å². The number of halogens is 6. The molecule has 2 rings (SSSR count). The van der Waals surface area contributed by atoms with Gasteiger partial charge in [0.2, 0.25) is 0 Å². The van der Waals surface area contributed by atoms with Crippen LogP contribution in [0.4, 0.5) is 25.2 Å². The zero-order valence-corrected chi connectivity index (χ0v) is 12.1. The summed E-state index contributed by atoms with van der Waals surface area (Å²) >= 11 is 0. The number of hydrogen-bond acceptors (Lipinski definition) is 1. The summed E-state index contributed by atoms with van der Waals surface area (Å²) in [6.07, 6.45) is 7.47. The van der Waals surface area contributed by atoms with Crippen molar-refractivity contribution >= 4 is 13.5 Å². The van der Waals surface area contributed by atoms with Crippen LogP contribution < -0.4 is 0 Å². The molecule has 1 saturated heterocycles. The van der Waals surface area contributed by atoms with Gasteiger partial charge in [-0.3, -0.25) is 0 Å². The molecular weight excluding hydrogens is 319 g/mol. The van der Waals surface area contributed by atoms with E-state index in [0.29, 0.717) is 0 Å². The summed E-state index contributed by atoms with van der Waals surface area (Å²) in [6, 6.07) is 0. The van der Waals surface area contributed by atoms with Gasteiger partial charge in [-0.1, -0.05) is 0 Å². The first-order valence-corrected chi connectivity index (χ1v) is 8.20. The monoisotopic (exact) mass is 334 g/mol. The molecular formula is C11H15F6N3P-. The first kappa shape index (κ1) is 17.7. The van der Waals surface area contributed by atoms with Crippen LogP contribution in [0.1, 0.15) is 26.2 Å². The Kier molecular flexibility index (Phi) is 4.34. The number of hydrogen-bond donors (Lipinski definition) is 0. The number of allylic oxidation sites excluding steroid dienone is 3. The molecule has 1 aliphatic heterocycles. The van der Waals surface area contributed by atoms with Crippen molar-refractivity contribution in [3.8, 4) is 0 Å². The van der Waals surface area contributed by atoms with E-state index >= 15 is 0 Å². The van der Waals surface area contributed by atoms with Crippen LogP contribution in [0.2, 0.25) is 0 Å². The van der Waals surface area contributed by atoms with Crippen LogP contribution in [-0.2, 0) is 0 Å². The molecule has 0 saturated carbocycles. The molecule has 0 radical (unpaired) electrons. The molecule has 0 bridgehead atoms. The van der Waals surface area contributed by atoms with Crippen molar-refractivity contribution in [3.63, 3.8) is 0 Å². The summed E-state index contributed by atoms with van der Waals surface area (Å²) in [4.78, 5) is 5.65. The van der Waals surface area contributed by atoms with Gasteiger partial charge in [0.15, 0.2) is 0 Å². The fourth-order valence-electron chi connectivity index (χ4n) is 2.15. The second-order valence-corrected chi connectivity index (χ2v) is 6.78. The van der Waals surface area contributed by atoms with E-state index in [0.717, 1.165) is 12.1 Å². The SMILES string of the molecule is CC1=CC(=[N+]=[N-])CC=C1N1CCCC1.F[P-](F)(F)(F)(F)F. The van der Waals surface area contributed by atoms with E-state index < -0.39 is 7.81 Å². The van der Waals surface area contributed by atoms with Gasteiger partial charge >= 0.3 is 33.0 Å². The van der Waals surface area contributed by atoms with Crippen LogP contribution in [0.3, 0.4) is 0 Å². The van der Waals surface area contributed by atoms with Crippen molar-refractivity contribution in [2.45, 2.75) is 26.2 Å². The van der Waals surface area contributed by atoms with E-state index in [1.54, 1.807) is 0 Å². The first-order chi connectivity index (χ1) is 9.26. The van der Waals surface area contributed by atoms with E-state index in [1.807, 2.05) is 6.08 Å². The molecule has 0 atom stereocenters. The summed E-state index contributed by atoms with van der Waals surface area (Å²) < 4.78 is 59.2. The van der Waals surface area contributed by atoms with Gasteiger partial charge < -0.3 is 10.4 Å². The molecule has 0 N–H and O–H groups in total. The van der Waals surface area contributed by atoms with Gasteiger partial charge in [0.05, 0.1) is 6.42 Å². The van der Waals surface area contributed by atoms with Gasteiger partial charge in [-0.2, -0.15) is 4.79 Å². The Morgan fingerprint density at radius 2 is 1.57 bits per heavy atom. The maximum atomic E-state index is 9.87. The third-order valence-corrected chi connectivity index (χ3v) is 2.87. The maximum absolute atomic E-state index is 10.7. The van der Waals surface area contributed by atoms with Gasteiger partial charge in [-0.25, -0.2) is 0 Å². The second kappa shape index (κ2) is 5.14. The van der Waals surface area contributed by atoms with Crippen LogP contribution in [0.5, 0.6) is 0 Å². The van der Waals surface area contributed by atoms with Gasteiger partial charge in [0, 0.05) is 24.9 Å². The van der Waals surface area contributed by atoms with Crippen molar-refractivity contribution < 1.29 is 30.0 Å². The van der Waals surface area contributed by atoms with Crippen LogP contribution >= 0.6 is 7.81 Å². The Morgan fingerprint density at radius 3 is 1.95 bits per heavy atom. The fraction of sp³-hybridized carbons (Fsp3) is 0.545. The molecule has 122 valence electrons. The van der Waals surface area contributed by atoms with Crippen LogP contribution in [0, 0.1) is 0 Å². The van der Waals surface area contributed by atoms with Crippen molar-refractivity contribution in [2.75, 3.05) is 13.1 Å². The molecule has 0 amide bonds. The molecule has 0 spiro atoms. The van der Waals surface area contributed by atoms with Gasteiger partial charge in [-0.05, 0) is 31.4 Å². The van der Waals surface area contributed by atoms with E-state index in [2.05, 4.69) is 22.7 Å². The molecule has 2 aliphatic rings. The summed E-state index contributed by atoms with van der Waals surface area (Å²) in [7, 11) is -10.7. The third-order valence-electron chi connectivity index (χ3n) is 2.87. The van der Waals surface area contributed by atoms with Crippen LogP contribution in [0.25, 0.3) is 5.53 Å². The minimum absolute atomic E-state index is 0.750. The summed E-state index contributed by atoms with van der Waals surface area (Å²) in [5, 5.41) is 0. The Labute approximate surface area is 117 Å². The number of likely N-dealkylation sites (tertiary alicyclic amines) is 1. The standard InChI is InChI=1S/C11H15N3.F6P/c1-9-8-10(13-12)4-5-11(9)14-6-2-3-7-14;1-7(2,3,4,5)6/h5,8H,2-4,6-7H2,1H3;/q;-1. The van der Waals surface area contributed by atoms with Crippen molar-refractivity contribution in [1.82, 2.24) is 4.90 Å². The Hall–Kier alpha value is -1.33. The van der Waals surface area contributed by atoms with Gasteiger partial charge in [-0.15, -0.1) is 0 Å². The normalized spacial score (nSPS) is 22.2. The Morgan fingerprint density at radius 1 is 1.10 bits per heavy atom. The quantitative estimate of drug-likeness (QED) is 0.275. The van der Waals surface area contributed by atoms with Gasteiger partial charge in [0.25, 0.3) is 5.71 Å². The molecule has 0 unspecified atom stereocenters. The molecule has 3 nitrogen and oxygen atoms in total. The average molecular weight is 334 g/mol. The van der Waals surface area contributed by atoms with E-state index in [-0.39, 0.29) is 0 Å². The molecule has 1 heterocycles. The van der Waals surface area contributed by atoms with E-state index in [9.17, 15) is 25.2 Å². The molecule has 10 heteroatoms. The zero-order valence-electron chi connectivity index (χ0n) is 11.2. The minimum atomic E-state index is -10.7. The van der Waals surface area contributed by atoms with Crippen LogP contribution in [0.15, 0.2) is 23.4 Å². The van der Waals surface area contributed by atoms with E-state index in [4.69, 9.17) is 5.53 Å². The molecule has 0 aromatic carbocycles. The number of nitrogens with zero attached hydrogens (tertiary/aromatic N) is 3. The molecule has 0 aromatic rings. The summed E-state index contributed by atoms with van der Waals surface area (Å²) in [5.74, 6) is 0. The summed E-state index contributed by atoms with van der Waals surface area (Å²) in [6.45, 7) is 4.42. The summed E-state index contributed by atoms with van der Waals surface area (Å²) in [5.41, 5.74) is 12.0. The van der Waals surface area contributed by atoms with Crippen LogP contribution in [-0.4, -0.2) is 28.5 Å². The zero-order chi connectivity index (χ0) is 16.4. The molecule has 1 fully saturated rings. The van der Waals surface area contributed by atoms with Crippen molar-refractivity contribution in [3.05, 3.63) is 29.0 Å². The predicted molar refractivity (Wildman–Crippen MR) is 69.5 cm³/mol. The molecule has 21 heavy (non-hydrogen) atoms. The molecule has 1 aliphatic carbocycles.